The molecule has 0 saturated carbocycles. The van der Waals surface area contributed by atoms with Crippen LogP contribution in [0.3, 0.4) is 0 Å². The van der Waals surface area contributed by atoms with Gasteiger partial charge >= 0.3 is 0 Å². The lowest BCUT2D eigenvalue weighted by Crippen LogP contribution is -2.10. The molecule has 0 saturated heterocycles. The number of hydrogen-bond acceptors (Lipinski definition) is 1. The maximum Gasteiger partial charge on any atom is 0.0802 e. The Morgan fingerprint density at radius 2 is 2.00 bits per heavy atom. The number of hydrogen-bond donors (Lipinski definition) is 0. The fraction of sp³-hybridized carbons (Fsp3) is 0.286. The Bertz CT molecular complexity index is 467. The summed E-state index contributed by atoms with van der Waals surface area (Å²) in [6.45, 7) is 6.66. The first-order valence-corrected chi connectivity index (χ1v) is 5.18. The van der Waals surface area contributed by atoms with Crippen LogP contribution >= 0.6 is 0 Å². The van der Waals surface area contributed by atoms with E-state index >= 15 is 0 Å². The molecule has 0 bridgehead atoms. The Kier molecular flexibility index (Phi) is 2.34. The Labute approximate surface area is 90.9 Å². The van der Waals surface area contributed by atoms with Crippen molar-refractivity contribution < 1.29 is 0 Å². The van der Waals surface area contributed by atoms with Crippen molar-refractivity contribution in [2.24, 2.45) is 4.99 Å². The van der Waals surface area contributed by atoms with E-state index in [9.17, 15) is 0 Å². The number of aliphatic imine (C=N–C) groups is 1. The topological polar surface area (TPSA) is 12.4 Å². The van der Waals surface area contributed by atoms with E-state index in [1.165, 1.54) is 11.1 Å². The standard InChI is InChI=1S/C14H15N/c1-14(2,3)12-7-8-13-11(10-12)6-4-5-9-15-13/h4-8,10H,1-3H3. The largest absolute Gasteiger partial charge is 0.206 e. The van der Waals surface area contributed by atoms with Gasteiger partial charge in [-0.3, -0.25) is 0 Å². The molecule has 0 unspecified atom stereocenters. The SMILES string of the molecule is CC(C)(C)c1ccc2c(c1)C=CC=C=N2. The maximum absolute atomic E-state index is 4.24. The van der Waals surface area contributed by atoms with E-state index in [1.807, 2.05) is 12.2 Å². The molecule has 15 heavy (non-hydrogen) atoms. The van der Waals surface area contributed by atoms with Gasteiger partial charge in [0.2, 0.25) is 0 Å². The summed E-state index contributed by atoms with van der Waals surface area (Å²) in [6, 6.07) is 6.41. The van der Waals surface area contributed by atoms with Crippen molar-refractivity contribution in [1.82, 2.24) is 0 Å². The van der Waals surface area contributed by atoms with Gasteiger partial charge in [0.05, 0.1) is 5.69 Å². The van der Waals surface area contributed by atoms with Crippen LogP contribution in [-0.2, 0) is 5.41 Å². The van der Waals surface area contributed by atoms with Crippen LogP contribution in [-0.4, -0.2) is 5.87 Å². The number of rotatable bonds is 0. The van der Waals surface area contributed by atoms with E-state index in [0.717, 1.165) is 5.69 Å². The Morgan fingerprint density at radius 1 is 1.20 bits per heavy atom. The van der Waals surface area contributed by atoms with Crippen molar-refractivity contribution in [3.63, 3.8) is 0 Å². The van der Waals surface area contributed by atoms with Crippen molar-refractivity contribution in [3.05, 3.63) is 41.5 Å². The van der Waals surface area contributed by atoms with Crippen LogP contribution in [0.15, 0.2) is 35.3 Å². The highest BCUT2D eigenvalue weighted by atomic mass is 14.7. The zero-order valence-corrected chi connectivity index (χ0v) is 9.41. The second-order valence-electron chi connectivity index (χ2n) is 4.79. The van der Waals surface area contributed by atoms with Crippen LogP contribution in [0.1, 0.15) is 31.9 Å². The molecule has 0 radical (unpaired) electrons. The summed E-state index contributed by atoms with van der Waals surface area (Å²) in [5, 5.41) is 0. The Hall–Kier alpha value is -1.59. The van der Waals surface area contributed by atoms with Crippen LogP contribution in [0.4, 0.5) is 5.69 Å². The molecule has 1 aromatic rings. The minimum absolute atomic E-state index is 0.187. The lowest BCUT2D eigenvalue weighted by Gasteiger charge is -2.19. The molecule has 2 rings (SSSR count). The third-order valence-corrected chi connectivity index (χ3v) is 2.53. The molecule has 76 valence electrons. The van der Waals surface area contributed by atoms with Gasteiger partial charge in [-0.25, -0.2) is 4.99 Å². The van der Waals surface area contributed by atoms with Crippen molar-refractivity contribution in [3.8, 4) is 0 Å². The molecular formula is C14H15N. The summed E-state index contributed by atoms with van der Waals surface area (Å²) in [5.74, 6) is 2.87. The van der Waals surface area contributed by atoms with Crippen molar-refractivity contribution in [2.45, 2.75) is 26.2 Å². The van der Waals surface area contributed by atoms with Gasteiger partial charge in [-0.05, 0) is 35.1 Å². The van der Waals surface area contributed by atoms with E-state index in [0.29, 0.717) is 0 Å². The monoisotopic (exact) mass is 197 g/mol. The molecule has 1 heterocycles. The molecule has 1 nitrogen and oxygen atoms in total. The number of nitrogens with zero attached hydrogens (tertiary/aromatic N) is 1. The quantitative estimate of drug-likeness (QED) is 0.598. The van der Waals surface area contributed by atoms with Gasteiger partial charge in [0.1, 0.15) is 0 Å². The van der Waals surface area contributed by atoms with E-state index in [-0.39, 0.29) is 5.41 Å². The molecule has 1 heteroatoms. The summed E-state index contributed by atoms with van der Waals surface area (Å²) in [7, 11) is 0. The van der Waals surface area contributed by atoms with Crippen molar-refractivity contribution in [1.29, 1.82) is 0 Å². The number of allylic oxidation sites excluding steroid dienone is 2. The van der Waals surface area contributed by atoms with Crippen LogP contribution in [0.5, 0.6) is 0 Å². The fourth-order valence-corrected chi connectivity index (χ4v) is 1.56. The van der Waals surface area contributed by atoms with Crippen LogP contribution in [0.2, 0.25) is 0 Å². The van der Waals surface area contributed by atoms with E-state index < -0.39 is 0 Å². The highest BCUT2D eigenvalue weighted by molar-refractivity contribution is 5.74. The van der Waals surface area contributed by atoms with Crippen molar-refractivity contribution >= 4 is 17.6 Å². The van der Waals surface area contributed by atoms with Crippen LogP contribution in [0.25, 0.3) is 6.08 Å². The highest BCUT2D eigenvalue weighted by Gasteiger charge is 2.14. The van der Waals surface area contributed by atoms with Crippen LogP contribution in [0, 0.1) is 0 Å². The number of fused-ring (bicyclic) bond motifs is 1. The fourth-order valence-electron chi connectivity index (χ4n) is 1.56. The molecule has 0 fully saturated rings. The summed E-state index contributed by atoms with van der Waals surface area (Å²) >= 11 is 0. The van der Waals surface area contributed by atoms with Gasteiger partial charge in [0.15, 0.2) is 0 Å². The average Bonchev–Trinajstić information content (AvgIpc) is 2.39. The van der Waals surface area contributed by atoms with Crippen LogP contribution < -0.4 is 0 Å². The molecule has 1 aliphatic rings. The second-order valence-corrected chi connectivity index (χ2v) is 4.79. The summed E-state index contributed by atoms with van der Waals surface area (Å²) in [6.07, 6.45) is 5.88. The third-order valence-electron chi connectivity index (χ3n) is 2.53. The smallest absolute Gasteiger partial charge is 0.0802 e. The van der Waals surface area contributed by atoms with Gasteiger partial charge in [0, 0.05) is 5.56 Å². The molecule has 1 aliphatic heterocycles. The predicted molar refractivity (Wildman–Crippen MR) is 65.8 cm³/mol. The first kappa shape index (κ1) is 9.95. The molecule has 0 N–H and O–H groups in total. The minimum Gasteiger partial charge on any atom is -0.206 e. The number of benzene rings is 1. The van der Waals surface area contributed by atoms with Gasteiger partial charge in [-0.1, -0.05) is 39.0 Å². The molecule has 0 aliphatic carbocycles. The first-order chi connectivity index (χ1) is 7.07. The van der Waals surface area contributed by atoms with Crippen molar-refractivity contribution in [2.75, 3.05) is 0 Å². The molecule has 0 aromatic heterocycles. The molecular weight excluding hydrogens is 182 g/mol. The lowest BCUT2D eigenvalue weighted by atomic mass is 9.86. The molecule has 1 aromatic carbocycles. The zero-order chi connectivity index (χ0) is 10.9. The van der Waals surface area contributed by atoms with Gasteiger partial charge in [-0.2, -0.15) is 0 Å². The summed E-state index contributed by atoms with van der Waals surface area (Å²) in [5.41, 5.74) is 3.69. The predicted octanol–water partition coefficient (Wildman–Crippen LogP) is 3.87. The lowest BCUT2D eigenvalue weighted by molar-refractivity contribution is 0.590. The second kappa shape index (κ2) is 3.52. The Balaban J connectivity index is 2.54. The average molecular weight is 197 g/mol. The van der Waals surface area contributed by atoms with E-state index in [1.54, 1.807) is 0 Å². The molecule has 0 spiro atoms. The normalized spacial score (nSPS) is 13.8. The third kappa shape index (κ3) is 2.08. The highest BCUT2D eigenvalue weighted by Crippen LogP contribution is 2.29. The summed E-state index contributed by atoms with van der Waals surface area (Å²) in [4.78, 5) is 4.24. The van der Waals surface area contributed by atoms with Gasteiger partial charge < -0.3 is 0 Å². The molecule has 0 atom stereocenters. The molecule has 0 amide bonds. The zero-order valence-electron chi connectivity index (χ0n) is 9.41. The Morgan fingerprint density at radius 3 is 2.73 bits per heavy atom. The maximum atomic E-state index is 4.24. The first-order valence-electron chi connectivity index (χ1n) is 5.18. The summed E-state index contributed by atoms with van der Waals surface area (Å²) < 4.78 is 0. The van der Waals surface area contributed by atoms with E-state index in [2.05, 4.69) is 55.9 Å². The van der Waals surface area contributed by atoms with Gasteiger partial charge in [-0.15, -0.1) is 0 Å². The van der Waals surface area contributed by atoms with E-state index in [4.69, 9.17) is 0 Å². The van der Waals surface area contributed by atoms with Gasteiger partial charge in [0.25, 0.3) is 0 Å². The minimum atomic E-state index is 0.187.